The first-order valence-corrected chi connectivity index (χ1v) is 13.5. The maximum absolute atomic E-state index is 13.5. The molecule has 1 unspecified atom stereocenters. The highest BCUT2D eigenvalue weighted by molar-refractivity contribution is 6.46. The fourth-order valence-electron chi connectivity index (χ4n) is 5.13. The molecule has 3 aromatic rings. The van der Waals surface area contributed by atoms with Crippen LogP contribution in [0, 0.1) is 13.8 Å². The Morgan fingerprint density at radius 2 is 1.87 bits per heavy atom. The Labute approximate surface area is 224 Å². The van der Waals surface area contributed by atoms with Gasteiger partial charge in [0.15, 0.2) is 5.76 Å². The molecule has 0 spiro atoms. The van der Waals surface area contributed by atoms with Crippen LogP contribution >= 0.6 is 0 Å². The molecule has 4 rings (SSSR count). The van der Waals surface area contributed by atoms with Crippen LogP contribution in [0.4, 0.5) is 0 Å². The predicted octanol–water partition coefficient (Wildman–Crippen LogP) is 4.89. The molecule has 1 N–H and O–H groups in total. The molecule has 0 bridgehead atoms. The summed E-state index contributed by atoms with van der Waals surface area (Å²) >= 11 is 0. The van der Waals surface area contributed by atoms with E-state index in [1.165, 1.54) is 0 Å². The van der Waals surface area contributed by atoms with E-state index in [-0.39, 0.29) is 11.3 Å². The number of imidazole rings is 1. The second kappa shape index (κ2) is 11.8. The third-order valence-corrected chi connectivity index (χ3v) is 7.26. The third-order valence-electron chi connectivity index (χ3n) is 7.26. The fourth-order valence-corrected chi connectivity index (χ4v) is 5.13. The van der Waals surface area contributed by atoms with Crippen molar-refractivity contribution < 1.29 is 19.4 Å². The highest BCUT2D eigenvalue weighted by Gasteiger charge is 2.46. The first kappa shape index (κ1) is 27.4. The second-order valence-electron chi connectivity index (χ2n) is 9.72. The zero-order valence-electron chi connectivity index (χ0n) is 23.0. The van der Waals surface area contributed by atoms with Crippen molar-refractivity contribution in [2.24, 2.45) is 0 Å². The largest absolute Gasteiger partial charge is 0.505 e. The summed E-state index contributed by atoms with van der Waals surface area (Å²) in [6.45, 7) is 13.7. The topological polar surface area (TPSA) is 87.4 Å². The number of aliphatic hydroxyl groups excluding tert-OH is 1. The lowest BCUT2D eigenvalue weighted by Crippen LogP contribution is -2.33. The molecule has 1 saturated heterocycles. The Bertz CT molecular complexity index is 1360. The summed E-state index contributed by atoms with van der Waals surface area (Å²) in [4.78, 5) is 35.4. The van der Waals surface area contributed by atoms with Gasteiger partial charge in [0.1, 0.15) is 17.1 Å². The van der Waals surface area contributed by atoms with Gasteiger partial charge in [-0.1, -0.05) is 39.0 Å². The van der Waals surface area contributed by atoms with E-state index in [4.69, 9.17) is 4.74 Å². The van der Waals surface area contributed by atoms with Crippen molar-refractivity contribution in [2.75, 3.05) is 32.8 Å². The van der Waals surface area contributed by atoms with Crippen molar-refractivity contribution in [1.29, 1.82) is 0 Å². The molecule has 0 saturated carbocycles. The van der Waals surface area contributed by atoms with Crippen LogP contribution in [0.1, 0.15) is 62.2 Å². The Kier molecular flexibility index (Phi) is 8.52. The van der Waals surface area contributed by atoms with Crippen LogP contribution in [0.5, 0.6) is 5.75 Å². The zero-order chi connectivity index (χ0) is 27.4. The van der Waals surface area contributed by atoms with Gasteiger partial charge in [-0.3, -0.25) is 9.59 Å². The predicted molar refractivity (Wildman–Crippen MR) is 148 cm³/mol. The summed E-state index contributed by atoms with van der Waals surface area (Å²) in [5.74, 6) is -0.880. The van der Waals surface area contributed by atoms with Gasteiger partial charge in [-0.25, -0.2) is 4.98 Å². The van der Waals surface area contributed by atoms with Gasteiger partial charge in [-0.2, -0.15) is 0 Å². The number of Topliss-reactive ketones (excluding diaryl/α,β-unsaturated/α-hetero) is 1. The number of amides is 1. The number of aryl methyl sites for hydroxylation is 2. The van der Waals surface area contributed by atoms with Gasteiger partial charge < -0.3 is 24.0 Å². The summed E-state index contributed by atoms with van der Waals surface area (Å²) < 4.78 is 7.74. The van der Waals surface area contributed by atoms with E-state index in [1.54, 1.807) is 4.90 Å². The smallest absolute Gasteiger partial charge is 0.295 e. The molecule has 3 heterocycles. The first-order valence-electron chi connectivity index (χ1n) is 13.5. The summed E-state index contributed by atoms with van der Waals surface area (Å²) in [5, 5.41) is 11.6. The molecular formula is C30H38N4O4. The number of hydrogen-bond donors (Lipinski definition) is 1. The fraction of sp³-hybridized carbons (Fsp3) is 0.433. The molecule has 1 atom stereocenters. The normalized spacial score (nSPS) is 17.2. The highest BCUT2D eigenvalue weighted by Crippen LogP contribution is 2.40. The minimum absolute atomic E-state index is 0.0645. The number of ketones is 1. The molecule has 1 aliphatic rings. The van der Waals surface area contributed by atoms with E-state index in [0.717, 1.165) is 37.2 Å². The molecule has 202 valence electrons. The standard InChI is InChI=1S/C30H38N4O4/c1-6-18-38-23-14-9-13-22(19-23)26-24(28(36)30(37)34(26)17-11-15-32(7-2)8-3)27(35)25-21(5)33-16-10-12-20(4)29(33)31-25/h9-10,12-14,16,19,26,35H,6-8,11,15,17-18H2,1-5H3/b27-24+. The number of aromatic nitrogens is 2. The lowest BCUT2D eigenvalue weighted by Gasteiger charge is -2.27. The number of pyridine rings is 1. The van der Waals surface area contributed by atoms with Gasteiger partial charge in [-0.05, 0) is 75.6 Å². The van der Waals surface area contributed by atoms with Gasteiger partial charge in [0.2, 0.25) is 0 Å². The van der Waals surface area contributed by atoms with Crippen LogP contribution in [-0.4, -0.2) is 68.8 Å². The molecule has 38 heavy (non-hydrogen) atoms. The van der Waals surface area contributed by atoms with Crippen molar-refractivity contribution >= 4 is 23.1 Å². The van der Waals surface area contributed by atoms with E-state index < -0.39 is 17.7 Å². The number of likely N-dealkylation sites (tertiary alicyclic amines) is 1. The van der Waals surface area contributed by atoms with Crippen LogP contribution in [0.2, 0.25) is 0 Å². The maximum Gasteiger partial charge on any atom is 0.295 e. The maximum atomic E-state index is 13.5. The highest BCUT2D eigenvalue weighted by atomic mass is 16.5. The number of nitrogens with zero attached hydrogens (tertiary/aromatic N) is 4. The molecule has 1 aliphatic heterocycles. The van der Waals surface area contributed by atoms with Gasteiger partial charge >= 0.3 is 0 Å². The Morgan fingerprint density at radius 3 is 2.55 bits per heavy atom. The zero-order valence-corrected chi connectivity index (χ0v) is 23.0. The number of carbonyl (C=O) groups is 2. The molecule has 1 fully saturated rings. The van der Waals surface area contributed by atoms with Gasteiger partial charge in [-0.15, -0.1) is 0 Å². The van der Waals surface area contributed by atoms with Crippen LogP contribution in [-0.2, 0) is 9.59 Å². The lowest BCUT2D eigenvalue weighted by molar-refractivity contribution is -0.140. The number of rotatable bonds is 11. The van der Waals surface area contributed by atoms with Crippen LogP contribution in [0.25, 0.3) is 11.4 Å². The summed E-state index contributed by atoms with van der Waals surface area (Å²) in [6.07, 6.45) is 3.45. The summed E-state index contributed by atoms with van der Waals surface area (Å²) in [7, 11) is 0. The minimum Gasteiger partial charge on any atom is -0.505 e. The Balaban J connectivity index is 1.82. The molecular weight excluding hydrogens is 480 g/mol. The molecule has 1 aromatic carbocycles. The molecule has 0 aliphatic carbocycles. The molecule has 0 radical (unpaired) electrons. The monoisotopic (exact) mass is 518 g/mol. The second-order valence-corrected chi connectivity index (χ2v) is 9.72. The molecule has 1 amide bonds. The number of ether oxygens (including phenoxy) is 1. The van der Waals surface area contributed by atoms with Crippen LogP contribution < -0.4 is 4.74 Å². The van der Waals surface area contributed by atoms with E-state index in [1.807, 2.05) is 67.8 Å². The molecule has 8 nitrogen and oxygen atoms in total. The number of aliphatic hydroxyl groups is 1. The summed E-state index contributed by atoms with van der Waals surface area (Å²) in [5.41, 5.74) is 3.45. The van der Waals surface area contributed by atoms with Crippen molar-refractivity contribution in [3.63, 3.8) is 0 Å². The molecule has 2 aromatic heterocycles. The number of carbonyl (C=O) groups excluding carboxylic acids is 2. The van der Waals surface area contributed by atoms with Crippen molar-refractivity contribution in [3.05, 3.63) is 70.7 Å². The van der Waals surface area contributed by atoms with Gasteiger partial charge in [0.25, 0.3) is 11.7 Å². The third kappa shape index (κ3) is 5.18. The lowest BCUT2D eigenvalue weighted by atomic mass is 9.96. The average Bonchev–Trinajstić information content (AvgIpc) is 3.39. The number of hydrogen-bond acceptors (Lipinski definition) is 6. The first-order chi connectivity index (χ1) is 18.3. The average molecular weight is 519 g/mol. The van der Waals surface area contributed by atoms with E-state index in [9.17, 15) is 14.7 Å². The Hall–Kier alpha value is -3.65. The Morgan fingerprint density at radius 1 is 1.11 bits per heavy atom. The van der Waals surface area contributed by atoms with E-state index in [2.05, 4.69) is 23.7 Å². The quantitative estimate of drug-likeness (QED) is 0.221. The van der Waals surface area contributed by atoms with Crippen molar-refractivity contribution in [1.82, 2.24) is 19.2 Å². The number of fused-ring (bicyclic) bond motifs is 1. The van der Waals surface area contributed by atoms with Crippen molar-refractivity contribution in [2.45, 2.75) is 53.5 Å². The van der Waals surface area contributed by atoms with Gasteiger partial charge in [0.05, 0.1) is 23.9 Å². The number of benzene rings is 1. The molecule has 8 heteroatoms. The van der Waals surface area contributed by atoms with Gasteiger partial charge in [0, 0.05) is 12.7 Å². The van der Waals surface area contributed by atoms with E-state index >= 15 is 0 Å². The summed E-state index contributed by atoms with van der Waals surface area (Å²) in [6, 6.07) is 10.6. The van der Waals surface area contributed by atoms with Crippen molar-refractivity contribution in [3.8, 4) is 5.75 Å². The van der Waals surface area contributed by atoms with Crippen LogP contribution in [0.15, 0.2) is 48.2 Å². The minimum atomic E-state index is -0.734. The van der Waals surface area contributed by atoms with E-state index in [0.29, 0.717) is 42.4 Å². The SMILES string of the molecule is CCCOc1cccc(C2/C(=C(\O)c3nc4c(C)cccn4c3C)C(=O)C(=O)N2CCCN(CC)CC)c1. The van der Waals surface area contributed by atoms with Crippen LogP contribution in [0.3, 0.4) is 0 Å².